The average molecular weight is 460 g/mol. The van der Waals surface area contributed by atoms with Crippen LogP contribution in [0.3, 0.4) is 0 Å². The van der Waals surface area contributed by atoms with Crippen molar-refractivity contribution in [2.75, 3.05) is 58.0 Å². The number of carbonyl (C=O) groups is 1. The standard InChI is InChI=1S/C23H26FN3O4S/c1-29-17-7-8-19-21(15-17)32-23(25-19)27(10-4-9-26-11-13-30-14-12-26)22(28)16-31-20-6-3-2-5-18(20)24/h2-3,5-8,15H,4,9-14,16H2,1H3. The molecule has 2 heterocycles. The van der Waals surface area contributed by atoms with Gasteiger partial charge in [-0.2, -0.15) is 0 Å². The van der Waals surface area contributed by atoms with Crippen molar-refractivity contribution >= 4 is 32.6 Å². The van der Waals surface area contributed by atoms with Crippen molar-refractivity contribution in [2.45, 2.75) is 6.42 Å². The number of aromatic nitrogens is 1. The second kappa shape index (κ2) is 10.7. The fourth-order valence-electron chi connectivity index (χ4n) is 3.52. The van der Waals surface area contributed by atoms with Gasteiger partial charge >= 0.3 is 0 Å². The molecule has 9 heteroatoms. The van der Waals surface area contributed by atoms with Crippen molar-refractivity contribution in [3.8, 4) is 11.5 Å². The summed E-state index contributed by atoms with van der Waals surface area (Å²) in [6.45, 7) is 4.35. The number of methoxy groups -OCH3 is 1. The zero-order valence-corrected chi connectivity index (χ0v) is 18.8. The summed E-state index contributed by atoms with van der Waals surface area (Å²) >= 11 is 1.42. The van der Waals surface area contributed by atoms with Crippen LogP contribution in [0, 0.1) is 5.82 Å². The molecule has 1 aliphatic rings. The third kappa shape index (κ3) is 5.53. The summed E-state index contributed by atoms with van der Waals surface area (Å²) in [4.78, 5) is 21.7. The lowest BCUT2D eigenvalue weighted by molar-refractivity contribution is -0.120. The summed E-state index contributed by atoms with van der Waals surface area (Å²) in [5.41, 5.74) is 0.798. The summed E-state index contributed by atoms with van der Waals surface area (Å²) in [5, 5.41) is 0.595. The summed E-state index contributed by atoms with van der Waals surface area (Å²) in [5.74, 6) is 0.0384. The van der Waals surface area contributed by atoms with E-state index in [1.54, 1.807) is 24.1 Å². The number of morpholine rings is 1. The van der Waals surface area contributed by atoms with Gasteiger partial charge in [-0.3, -0.25) is 14.6 Å². The monoisotopic (exact) mass is 459 g/mol. The van der Waals surface area contributed by atoms with Crippen molar-refractivity contribution in [3.05, 3.63) is 48.3 Å². The molecule has 0 spiro atoms. The Hall–Kier alpha value is -2.75. The number of fused-ring (bicyclic) bond motifs is 1. The van der Waals surface area contributed by atoms with Crippen LogP contribution in [0.2, 0.25) is 0 Å². The largest absolute Gasteiger partial charge is 0.497 e. The molecule has 0 atom stereocenters. The SMILES string of the molecule is COc1ccc2nc(N(CCCN3CCOCC3)C(=O)COc3ccccc3F)sc2c1. The van der Waals surface area contributed by atoms with Gasteiger partial charge in [0.25, 0.3) is 5.91 Å². The first kappa shape index (κ1) is 22.4. The second-order valence-electron chi connectivity index (χ2n) is 7.40. The van der Waals surface area contributed by atoms with E-state index in [4.69, 9.17) is 14.2 Å². The first-order chi connectivity index (χ1) is 15.6. The molecule has 1 saturated heterocycles. The van der Waals surface area contributed by atoms with E-state index in [0.717, 1.165) is 55.2 Å². The van der Waals surface area contributed by atoms with Gasteiger partial charge in [-0.05, 0) is 36.8 Å². The molecule has 0 saturated carbocycles. The van der Waals surface area contributed by atoms with E-state index in [1.165, 1.54) is 23.5 Å². The summed E-state index contributed by atoms with van der Waals surface area (Å²) < 4.78 is 31.0. The van der Waals surface area contributed by atoms with Crippen LogP contribution >= 0.6 is 11.3 Å². The number of nitrogens with zero attached hydrogens (tertiary/aromatic N) is 3. The fourth-order valence-corrected chi connectivity index (χ4v) is 4.56. The molecular weight excluding hydrogens is 433 g/mol. The Balaban J connectivity index is 1.48. The maximum absolute atomic E-state index is 13.9. The summed E-state index contributed by atoms with van der Waals surface area (Å²) in [6.07, 6.45) is 0.782. The fraction of sp³-hybridized carbons (Fsp3) is 0.391. The Morgan fingerprint density at radius 2 is 2.06 bits per heavy atom. The van der Waals surface area contributed by atoms with Gasteiger partial charge in [0.15, 0.2) is 23.3 Å². The number of carbonyl (C=O) groups excluding carboxylic acids is 1. The topological polar surface area (TPSA) is 64.1 Å². The number of rotatable bonds is 9. The van der Waals surface area contributed by atoms with E-state index < -0.39 is 5.82 Å². The van der Waals surface area contributed by atoms with Gasteiger partial charge in [-0.15, -0.1) is 0 Å². The quantitative estimate of drug-likeness (QED) is 0.488. The Kier molecular flexibility index (Phi) is 7.51. The number of para-hydroxylation sites is 1. The van der Waals surface area contributed by atoms with Gasteiger partial charge < -0.3 is 14.2 Å². The zero-order valence-electron chi connectivity index (χ0n) is 18.0. The van der Waals surface area contributed by atoms with E-state index >= 15 is 0 Å². The highest BCUT2D eigenvalue weighted by Gasteiger charge is 2.21. The first-order valence-corrected chi connectivity index (χ1v) is 11.4. The zero-order chi connectivity index (χ0) is 22.3. The Bertz CT molecular complexity index is 1050. The van der Waals surface area contributed by atoms with Crippen LogP contribution in [-0.4, -0.2) is 68.9 Å². The van der Waals surface area contributed by atoms with Gasteiger partial charge in [0.1, 0.15) is 5.75 Å². The van der Waals surface area contributed by atoms with E-state index in [1.807, 2.05) is 18.2 Å². The number of halogens is 1. The molecule has 7 nitrogen and oxygen atoms in total. The van der Waals surface area contributed by atoms with Crippen molar-refractivity contribution in [1.82, 2.24) is 9.88 Å². The highest BCUT2D eigenvalue weighted by Crippen LogP contribution is 2.31. The minimum absolute atomic E-state index is 0.0585. The molecule has 3 aromatic rings. The Morgan fingerprint density at radius 1 is 1.25 bits per heavy atom. The second-order valence-corrected chi connectivity index (χ2v) is 8.41. The maximum atomic E-state index is 13.9. The van der Waals surface area contributed by atoms with Gasteiger partial charge in [-0.25, -0.2) is 9.37 Å². The first-order valence-electron chi connectivity index (χ1n) is 10.6. The summed E-state index contributed by atoms with van der Waals surface area (Å²) in [6, 6.07) is 11.7. The predicted molar refractivity (Wildman–Crippen MR) is 122 cm³/mol. The van der Waals surface area contributed by atoms with Crippen molar-refractivity contribution in [1.29, 1.82) is 0 Å². The lowest BCUT2D eigenvalue weighted by atomic mass is 10.3. The smallest absolute Gasteiger partial charge is 0.266 e. The number of benzene rings is 2. The molecule has 2 aromatic carbocycles. The summed E-state index contributed by atoms with van der Waals surface area (Å²) in [7, 11) is 1.62. The Morgan fingerprint density at radius 3 is 2.84 bits per heavy atom. The molecule has 170 valence electrons. The molecule has 1 aromatic heterocycles. The van der Waals surface area contributed by atoms with Gasteiger partial charge in [0.05, 0.1) is 30.5 Å². The minimum atomic E-state index is -0.494. The third-order valence-electron chi connectivity index (χ3n) is 5.26. The molecule has 0 N–H and O–H groups in total. The molecule has 0 unspecified atom stereocenters. The van der Waals surface area contributed by atoms with Gasteiger partial charge in [-0.1, -0.05) is 23.5 Å². The van der Waals surface area contributed by atoms with E-state index in [9.17, 15) is 9.18 Å². The number of amides is 1. The molecule has 32 heavy (non-hydrogen) atoms. The van der Waals surface area contributed by atoms with Crippen LogP contribution in [0.5, 0.6) is 11.5 Å². The van der Waals surface area contributed by atoms with Crippen LogP contribution in [0.15, 0.2) is 42.5 Å². The van der Waals surface area contributed by atoms with Gasteiger partial charge in [0.2, 0.25) is 0 Å². The number of ether oxygens (including phenoxy) is 3. The lowest BCUT2D eigenvalue weighted by Gasteiger charge is -2.27. The molecule has 4 rings (SSSR count). The van der Waals surface area contributed by atoms with E-state index in [0.29, 0.717) is 11.7 Å². The molecule has 0 bridgehead atoms. The van der Waals surface area contributed by atoms with Crippen molar-refractivity contribution in [3.63, 3.8) is 0 Å². The normalized spacial score (nSPS) is 14.4. The van der Waals surface area contributed by atoms with Crippen LogP contribution in [0.25, 0.3) is 10.2 Å². The minimum Gasteiger partial charge on any atom is -0.497 e. The van der Waals surface area contributed by atoms with Crippen molar-refractivity contribution < 1.29 is 23.4 Å². The van der Waals surface area contributed by atoms with Crippen LogP contribution in [0.1, 0.15) is 6.42 Å². The van der Waals surface area contributed by atoms with E-state index in [2.05, 4.69) is 9.88 Å². The van der Waals surface area contributed by atoms with E-state index in [-0.39, 0.29) is 18.3 Å². The average Bonchev–Trinajstić information content (AvgIpc) is 3.24. The molecule has 1 amide bonds. The number of hydrogen-bond donors (Lipinski definition) is 0. The highest BCUT2D eigenvalue weighted by molar-refractivity contribution is 7.22. The molecule has 0 radical (unpaired) electrons. The van der Waals surface area contributed by atoms with Crippen LogP contribution in [-0.2, 0) is 9.53 Å². The molecule has 0 aliphatic carbocycles. The van der Waals surface area contributed by atoms with Crippen molar-refractivity contribution in [2.24, 2.45) is 0 Å². The maximum Gasteiger partial charge on any atom is 0.266 e. The number of hydrogen-bond acceptors (Lipinski definition) is 7. The number of anilines is 1. The highest BCUT2D eigenvalue weighted by atomic mass is 32.1. The van der Waals surface area contributed by atoms with Crippen LogP contribution < -0.4 is 14.4 Å². The third-order valence-corrected chi connectivity index (χ3v) is 6.30. The number of thiazole rings is 1. The van der Waals surface area contributed by atoms with Gasteiger partial charge in [0, 0.05) is 26.2 Å². The molecule has 1 aliphatic heterocycles. The molecular formula is C23H26FN3O4S. The Labute approximate surface area is 190 Å². The lowest BCUT2D eigenvalue weighted by Crippen LogP contribution is -2.40. The van der Waals surface area contributed by atoms with Crippen LogP contribution in [0.4, 0.5) is 9.52 Å². The predicted octanol–water partition coefficient (Wildman–Crippen LogP) is 3.58. The molecule has 1 fully saturated rings.